The molecule has 0 bridgehead atoms. The summed E-state index contributed by atoms with van der Waals surface area (Å²) in [6.07, 6.45) is 0. The monoisotopic (exact) mass is 578 g/mol. The van der Waals surface area contributed by atoms with Crippen molar-refractivity contribution in [1.82, 2.24) is 0 Å². The first-order chi connectivity index (χ1) is 22.8. The molecule has 0 N–H and O–H groups in total. The molecular formula is C46H26. The predicted molar refractivity (Wildman–Crippen MR) is 196 cm³/mol. The number of hydrogen-bond acceptors (Lipinski definition) is 0. The molecule has 9 aromatic rings. The van der Waals surface area contributed by atoms with Crippen LogP contribution in [0.1, 0.15) is 0 Å². The predicted octanol–water partition coefficient (Wildman–Crippen LogP) is 12.9. The van der Waals surface area contributed by atoms with Gasteiger partial charge in [-0.2, -0.15) is 0 Å². The van der Waals surface area contributed by atoms with E-state index in [0.717, 1.165) is 0 Å². The topological polar surface area (TPSA) is 0 Å². The van der Waals surface area contributed by atoms with Gasteiger partial charge < -0.3 is 0 Å². The molecule has 46 heavy (non-hydrogen) atoms. The van der Waals surface area contributed by atoms with Gasteiger partial charge in [-0.15, -0.1) is 0 Å². The van der Waals surface area contributed by atoms with Gasteiger partial charge >= 0.3 is 0 Å². The Hall–Kier alpha value is -5.98. The van der Waals surface area contributed by atoms with Gasteiger partial charge in [0.2, 0.25) is 0 Å². The van der Waals surface area contributed by atoms with Crippen LogP contribution >= 0.6 is 0 Å². The third-order valence-corrected chi connectivity index (χ3v) is 10.5. The number of fused-ring (bicyclic) bond motifs is 9. The summed E-state index contributed by atoms with van der Waals surface area (Å²) in [6.45, 7) is 0. The Morgan fingerprint density at radius 3 is 1.24 bits per heavy atom. The van der Waals surface area contributed by atoms with Crippen molar-refractivity contribution in [2.24, 2.45) is 0 Å². The summed E-state index contributed by atoms with van der Waals surface area (Å²) < 4.78 is 0. The zero-order valence-electron chi connectivity index (χ0n) is 25.0. The molecule has 11 rings (SSSR count). The second kappa shape index (κ2) is 8.81. The van der Waals surface area contributed by atoms with Gasteiger partial charge in [0.1, 0.15) is 0 Å². The fourth-order valence-corrected chi connectivity index (χ4v) is 8.36. The molecule has 0 heteroatoms. The van der Waals surface area contributed by atoms with Crippen LogP contribution in [0.2, 0.25) is 0 Å². The standard InChI is InChI=1S/C46H26/c1-5-28-7-3-11-40-43-25-32(18-21-36(43)38(9-1)45(28)40)30-17-20-35-34(23-30)16-14-27-13-15-31(24-42(27)35)33-19-22-37-39-10-2-6-29-8-4-12-41(46(29)39)44(37)26-33/h1-26H. The van der Waals surface area contributed by atoms with Crippen LogP contribution in [0.5, 0.6) is 0 Å². The summed E-state index contributed by atoms with van der Waals surface area (Å²) in [7, 11) is 0. The molecule has 0 unspecified atom stereocenters. The van der Waals surface area contributed by atoms with Gasteiger partial charge in [0.05, 0.1) is 0 Å². The van der Waals surface area contributed by atoms with Gasteiger partial charge in [0.15, 0.2) is 0 Å². The quantitative estimate of drug-likeness (QED) is 0.179. The van der Waals surface area contributed by atoms with Crippen LogP contribution in [0.15, 0.2) is 158 Å². The molecule has 2 aliphatic carbocycles. The van der Waals surface area contributed by atoms with Crippen LogP contribution in [-0.4, -0.2) is 0 Å². The first-order valence-electron chi connectivity index (χ1n) is 16.1. The largest absolute Gasteiger partial charge is 0.0610 e. The minimum absolute atomic E-state index is 1.25. The SMILES string of the molecule is c1cc2c3c(cccc3c1)-c1cc(-c3ccc4c(ccc5ccc(-c6ccc7c(c6)-c6cccc8cccc-7c68)cc54)c3)ccc1-2. The van der Waals surface area contributed by atoms with Crippen molar-refractivity contribution in [2.75, 3.05) is 0 Å². The Labute approximate surface area is 266 Å². The Morgan fingerprint density at radius 1 is 0.217 bits per heavy atom. The summed E-state index contributed by atoms with van der Waals surface area (Å²) in [6, 6.07) is 59.1. The summed E-state index contributed by atoms with van der Waals surface area (Å²) in [5.74, 6) is 0. The minimum atomic E-state index is 1.25. The van der Waals surface area contributed by atoms with Crippen LogP contribution in [-0.2, 0) is 0 Å². The summed E-state index contributed by atoms with van der Waals surface area (Å²) >= 11 is 0. The zero-order valence-corrected chi connectivity index (χ0v) is 25.0. The van der Waals surface area contributed by atoms with Crippen molar-refractivity contribution in [3.8, 4) is 66.8 Å². The van der Waals surface area contributed by atoms with E-state index < -0.39 is 0 Å². The highest BCUT2D eigenvalue weighted by atomic mass is 14.3. The molecular weight excluding hydrogens is 553 g/mol. The van der Waals surface area contributed by atoms with E-state index in [-0.39, 0.29) is 0 Å². The molecule has 0 heterocycles. The van der Waals surface area contributed by atoms with Crippen LogP contribution in [0.4, 0.5) is 0 Å². The highest BCUT2D eigenvalue weighted by Crippen LogP contribution is 2.50. The smallest absolute Gasteiger partial charge is 0.00264 e. The number of hydrogen-bond donors (Lipinski definition) is 0. The van der Waals surface area contributed by atoms with Crippen molar-refractivity contribution in [2.45, 2.75) is 0 Å². The third-order valence-electron chi connectivity index (χ3n) is 10.5. The second-order valence-corrected chi connectivity index (χ2v) is 12.9. The van der Waals surface area contributed by atoms with Gasteiger partial charge in [0.25, 0.3) is 0 Å². The Bertz CT molecular complexity index is 2790. The van der Waals surface area contributed by atoms with E-state index in [9.17, 15) is 0 Å². The highest BCUT2D eigenvalue weighted by Gasteiger charge is 2.23. The Kier molecular flexibility index (Phi) is 4.66. The Balaban J connectivity index is 1.02. The van der Waals surface area contributed by atoms with E-state index in [1.165, 1.54) is 110 Å². The van der Waals surface area contributed by atoms with Crippen molar-refractivity contribution in [3.05, 3.63) is 158 Å². The molecule has 0 fully saturated rings. The molecule has 2 aliphatic rings. The van der Waals surface area contributed by atoms with E-state index in [2.05, 4.69) is 158 Å². The number of rotatable bonds is 2. The molecule has 0 radical (unpaired) electrons. The fourth-order valence-electron chi connectivity index (χ4n) is 8.36. The maximum absolute atomic E-state index is 2.39. The fraction of sp³-hybridized carbons (Fsp3) is 0. The molecule has 0 saturated carbocycles. The normalized spacial score (nSPS) is 12.3. The number of benzene rings is 9. The van der Waals surface area contributed by atoms with Gasteiger partial charge in [-0.3, -0.25) is 0 Å². The van der Waals surface area contributed by atoms with Crippen molar-refractivity contribution < 1.29 is 0 Å². The zero-order chi connectivity index (χ0) is 29.9. The van der Waals surface area contributed by atoms with Gasteiger partial charge in [0, 0.05) is 0 Å². The molecule has 210 valence electrons. The third kappa shape index (κ3) is 3.23. The minimum Gasteiger partial charge on any atom is -0.0610 e. The maximum atomic E-state index is 2.39. The van der Waals surface area contributed by atoms with Crippen LogP contribution in [0, 0.1) is 0 Å². The van der Waals surface area contributed by atoms with Crippen molar-refractivity contribution in [3.63, 3.8) is 0 Å². The van der Waals surface area contributed by atoms with E-state index >= 15 is 0 Å². The first kappa shape index (κ1) is 24.4. The lowest BCUT2D eigenvalue weighted by Gasteiger charge is -2.11. The molecule has 0 aliphatic heterocycles. The molecule has 0 aromatic heterocycles. The maximum Gasteiger partial charge on any atom is -0.00264 e. The van der Waals surface area contributed by atoms with E-state index in [1.807, 2.05) is 0 Å². The van der Waals surface area contributed by atoms with E-state index in [0.29, 0.717) is 0 Å². The second-order valence-electron chi connectivity index (χ2n) is 12.9. The van der Waals surface area contributed by atoms with Crippen LogP contribution in [0.3, 0.4) is 0 Å². The van der Waals surface area contributed by atoms with Crippen LogP contribution < -0.4 is 0 Å². The lowest BCUT2D eigenvalue weighted by molar-refractivity contribution is 1.63. The van der Waals surface area contributed by atoms with E-state index in [4.69, 9.17) is 0 Å². The highest BCUT2D eigenvalue weighted by molar-refractivity contribution is 6.17. The van der Waals surface area contributed by atoms with Crippen LogP contribution in [0.25, 0.3) is 110 Å². The van der Waals surface area contributed by atoms with Gasteiger partial charge in [-0.05, 0) is 134 Å². The van der Waals surface area contributed by atoms with Gasteiger partial charge in [-0.25, -0.2) is 0 Å². The average Bonchev–Trinajstić information content (AvgIpc) is 3.62. The summed E-state index contributed by atoms with van der Waals surface area (Å²) in [5.41, 5.74) is 15.7. The summed E-state index contributed by atoms with van der Waals surface area (Å²) in [5, 5.41) is 10.5. The molecule has 9 aromatic carbocycles. The molecule has 0 spiro atoms. The molecule has 0 atom stereocenters. The molecule has 0 amide bonds. The van der Waals surface area contributed by atoms with Crippen molar-refractivity contribution >= 4 is 43.1 Å². The lowest BCUT2D eigenvalue weighted by Crippen LogP contribution is -1.85. The van der Waals surface area contributed by atoms with Gasteiger partial charge in [-0.1, -0.05) is 133 Å². The molecule has 0 saturated heterocycles. The Morgan fingerprint density at radius 2 is 0.652 bits per heavy atom. The molecule has 0 nitrogen and oxygen atoms in total. The average molecular weight is 579 g/mol. The summed E-state index contributed by atoms with van der Waals surface area (Å²) in [4.78, 5) is 0. The lowest BCUT2D eigenvalue weighted by atomic mass is 9.92. The first-order valence-corrected chi connectivity index (χ1v) is 16.1. The van der Waals surface area contributed by atoms with E-state index in [1.54, 1.807) is 0 Å². The van der Waals surface area contributed by atoms with Crippen molar-refractivity contribution in [1.29, 1.82) is 0 Å².